The lowest BCUT2D eigenvalue weighted by molar-refractivity contribution is -0.136. The first-order valence-electron chi connectivity index (χ1n) is 8.15. The van der Waals surface area contributed by atoms with Crippen molar-refractivity contribution in [3.63, 3.8) is 0 Å². The van der Waals surface area contributed by atoms with Gasteiger partial charge in [-0.05, 0) is 43.6 Å². The minimum atomic E-state index is -0.416. The van der Waals surface area contributed by atoms with Crippen LogP contribution in [0.2, 0.25) is 0 Å². The molecule has 7 nitrogen and oxygen atoms in total. The molecule has 0 spiro atoms. The summed E-state index contributed by atoms with van der Waals surface area (Å²) in [7, 11) is 1.65. The summed E-state index contributed by atoms with van der Waals surface area (Å²) in [6.07, 6.45) is 4.76. The zero-order chi connectivity index (χ0) is 16.8. The third kappa shape index (κ3) is 5.17. The highest BCUT2D eigenvalue weighted by molar-refractivity contribution is 5.85. The Morgan fingerprint density at radius 1 is 1.27 bits per heavy atom. The second kappa shape index (κ2) is 10.5. The van der Waals surface area contributed by atoms with E-state index in [1.54, 1.807) is 18.1 Å². The van der Waals surface area contributed by atoms with Crippen LogP contribution < -0.4 is 10.6 Å². The molecule has 9 heteroatoms. The molecule has 2 heterocycles. The molecule has 1 aliphatic heterocycles. The Bertz CT molecular complexity index is 653. The number of benzene rings is 1. The van der Waals surface area contributed by atoms with Crippen molar-refractivity contribution in [3.05, 3.63) is 42.5 Å². The van der Waals surface area contributed by atoms with E-state index in [4.69, 9.17) is 4.74 Å². The van der Waals surface area contributed by atoms with Crippen molar-refractivity contribution in [1.29, 1.82) is 0 Å². The highest BCUT2D eigenvalue weighted by Crippen LogP contribution is 2.29. The van der Waals surface area contributed by atoms with Crippen molar-refractivity contribution in [3.8, 4) is 5.69 Å². The van der Waals surface area contributed by atoms with Crippen LogP contribution in [0.3, 0.4) is 0 Å². The molecule has 0 radical (unpaired) electrons. The van der Waals surface area contributed by atoms with Gasteiger partial charge >= 0.3 is 0 Å². The summed E-state index contributed by atoms with van der Waals surface area (Å²) in [5, 5.41) is 10.5. The van der Waals surface area contributed by atoms with Crippen molar-refractivity contribution in [2.45, 2.75) is 19.4 Å². The molecule has 0 unspecified atom stereocenters. The van der Waals surface area contributed by atoms with Gasteiger partial charge in [-0.15, -0.1) is 24.8 Å². The summed E-state index contributed by atoms with van der Waals surface area (Å²) in [4.78, 5) is 16.6. The summed E-state index contributed by atoms with van der Waals surface area (Å²) < 4.78 is 7.01. The number of halogens is 2. The number of piperidine rings is 1. The fourth-order valence-electron chi connectivity index (χ4n) is 3.10. The smallest absolute Gasteiger partial charge is 0.228 e. The van der Waals surface area contributed by atoms with Crippen molar-refractivity contribution >= 4 is 30.7 Å². The van der Waals surface area contributed by atoms with Crippen LogP contribution in [0.1, 0.15) is 18.4 Å². The van der Waals surface area contributed by atoms with E-state index >= 15 is 0 Å². The number of nitrogens with one attached hydrogen (secondary N) is 2. The predicted molar refractivity (Wildman–Crippen MR) is 104 cm³/mol. The molecule has 0 aliphatic carbocycles. The molecule has 1 fully saturated rings. The summed E-state index contributed by atoms with van der Waals surface area (Å²) in [5.41, 5.74) is 1.58. The van der Waals surface area contributed by atoms with Gasteiger partial charge in [-0.3, -0.25) is 4.79 Å². The number of rotatable bonds is 6. The fraction of sp³-hybridized carbons (Fsp3) is 0.471. The number of carbonyl (C=O) groups is 1. The summed E-state index contributed by atoms with van der Waals surface area (Å²) >= 11 is 0. The van der Waals surface area contributed by atoms with Crippen molar-refractivity contribution in [2.24, 2.45) is 5.41 Å². The maximum atomic E-state index is 12.7. The first-order chi connectivity index (χ1) is 11.7. The lowest BCUT2D eigenvalue weighted by atomic mass is 9.78. The molecular formula is C17H25Cl2N5O2. The lowest BCUT2D eigenvalue weighted by Gasteiger charge is -2.35. The van der Waals surface area contributed by atoms with Crippen LogP contribution in [-0.2, 0) is 16.1 Å². The van der Waals surface area contributed by atoms with Gasteiger partial charge < -0.3 is 15.4 Å². The van der Waals surface area contributed by atoms with Gasteiger partial charge in [-0.1, -0.05) is 12.1 Å². The summed E-state index contributed by atoms with van der Waals surface area (Å²) in [5.74, 6) is 0.0752. The first kappa shape index (κ1) is 22.4. The average Bonchev–Trinajstić information content (AvgIpc) is 3.16. The molecule has 1 aromatic heterocycles. The van der Waals surface area contributed by atoms with E-state index in [2.05, 4.69) is 20.7 Å². The van der Waals surface area contributed by atoms with Crippen LogP contribution in [-0.4, -0.2) is 47.5 Å². The summed E-state index contributed by atoms with van der Waals surface area (Å²) in [6, 6.07) is 7.91. The zero-order valence-corrected chi connectivity index (χ0v) is 16.3. The third-order valence-corrected chi connectivity index (χ3v) is 4.54. The number of amides is 1. The standard InChI is InChI=1S/C17H23N5O2.2ClH/c1-24-11-17(6-8-18-9-7-17)16(23)20-10-14-2-4-15(5-3-14)22-13-19-12-21-22;;/h2-5,12-13,18H,6-11H2,1H3,(H,20,23);2*1H. The molecule has 0 atom stereocenters. The maximum Gasteiger partial charge on any atom is 0.228 e. The van der Waals surface area contributed by atoms with E-state index in [0.717, 1.165) is 37.2 Å². The number of aromatic nitrogens is 3. The molecule has 0 saturated carbocycles. The highest BCUT2D eigenvalue weighted by atomic mass is 35.5. The minimum Gasteiger partial charge on any atom is -0.384 e. The van der Waals surface area contributed by atoms with Gasteiger partial charge in [-0.25, -0.2) is 9.67 Å². The first-order valence-corrected chi connectivity index (χ1v) is 8.15. The van der Waals surface area contributed by atoms with E-state index in [9.17, 15) is 4.79 Å². The second-order valence-electron chi connectivity index (χ2n) is 6.15. The largest absolute Gasteiger partial charge is 0.384 e. The molecule has 1 aromatic carbocycles. The van der Waals surface area contributed by atoms with Crippen LogP contribution in [0, 0.1) is 5.41 Å². The fourth-order valence-corrected chi connectivity index (χ4v) is 3.10. The summed E-state index contributed by atoms with van der Waals surface area (Å²) in [6.45, 7) is 2.67. The Kier molecular flexibility index (Phi) is 9.01. The van der Waals surface area contributed by atoms with Gasteiger partial charge in [-0.2, -0.15) is 5.10 Å². The SMILES string of the molecule is COCC1(C(=O)NCc2ccc(-n3cncn3)cc2)CCNCC1.Cl.Cl. The molecule has 1 saturated heterocycles. The quantitative estimate of drug-likeness (QED) is 0.770. The monoisotopic (exact) mass is 401 g/mol. The van der Waals surface area contributed by atoms with Gasteiger partial charge in [0.1, 0.15) is 12.7 Å². The Morgan fingerprint density at radius 3 is 2.54 bits per heavy atom. The third-order valence-electron chi connectivity index (χ3n) is 4.54. The van der Waals surface area contributed by atoms with Crippen molar-refractivity contribution < 1.29 is 9.53 Å². The van der Waals surface area contributed by atoms with E-state index in [-0.39, 0.29) is 30.7 Å². The number of ether oxygens (including phenoxy) is 1. The topological polar surface area (TPSA) is 81.1 Å². The molecular weight excluding hydrogens is 377 g/mol. The molecule has 2 N–H and O–H groups in total. The number of nitrogens with zero attached hydrogens (tertiary/aromatic N) is 3. The molecule has 144 valence electrons. The average molecular weight is 402 g/mol. The minimum absolute atomic E-state index is 0. The number of carbonyl (C=O) groups excluding carboxylic acids is 1. The van der Waals surface area contributed by atoms with Crippen LogP contribution in [0.25, 0.3) is 5.69 Å². The Balaban J connectivity index is 0.00000169. The maximum absolute atomic E-state index is 12.7. The lowest BCUT2D eigenvalue weighted by Crippen LogP contribution is -2.49. The molecule has 1 aliphatic rings. The Hall–Kier alpha value is -1.67. The van der Waals surface area contributed by atoms with E-state index in [1.807, 2.05) is 24.3 Å². The molecule has 0 bridgehead atoms. The van der Waals surface area contributed by atoms with Crippen molar-refractivity contribution in [1.82, 2.24) is 25.4 Å². The van der Waals surface area contributed by atoms with Gasteiger partial charge in [0.15, 0.2) is 0 Å². The molecule has 1 amide bonds. The molecule has 26 heavy (non-hydrogen) atoms. The van der Waals surface area contributed by atoms with Gasteiger partial charge in [0.05, 0.1) is 17.7 Å². The van der Waals surface area contributed by atoms with E-state index < -0.39 is 5.41 Å². The van der Waals surface area contributed by atoms with Crippen LogP contribution >= 0.6 is 24.8 Å². The second-order valence-corrected chi connectivity index (χ2v) is 6.15. The van der Waals surface area contributed by atoms with Crippen LogP contribution in [0.15, 0.2) is 36.9 Å². The molecule has 2 aromatic rings. The van der Waals surface area contributed by atoms with Crippen LogP contribution in [0.5, 0.6) is 0 Å². The predicted octanol–water partition coefficient (Wildman–Crippen LogP) is 1.74. The van der Waals surface area contributed by atoms with Gasteiger partial charge in [0.25, 0.3) is 0 Å². The van der Waals surface area contributed by atoms with Crippen LogP contribution in [0.4, 0.5) is 0 Å². The number of hydrogen-bond donors (Lipinski definition) is 2. The normalized spacial score (nSPS) is 15.4. The molecule has 3 rings (SSSR count). The Labute approximate surface area is 165 Å². The van der Waals surface area contributed by atoms with Gasteiger partial charge in [0, 0.05) is 13.7 Å². The number of methoxy groups -OCH3 is 1. The van der Waals surface area contributed by atoms with Crippen molar-refractivity contribution in [2.75, 3.05) is 26.8 Å². The number of hydrogen-bond acceptors (Lipinski definition) is 5. The zero-order valence-electron chi connectivity index (χ0n) is 14.7. The Morgan fingerprint density at radius 2 is 1.96 bits per heavy atom. The van der Waals surface area contributed by atoms with E-state index in [0.29, 0.717) is 13.2 Å². The van der Waals surface area contributed by atoms with Gasteiger partial charge in [0.2, 0.25) is 5.91 Å². The van der Waals surface area contributed by atoms with E-state index in [1.165, 1.54) is 6.33 Å². The highest BCUT2D eigenvalue weighted by Gasteiger charge is 2.39.